The molecule has 4 N–H and O–H groups in total. The van der Waals surface area contributed by atoms with Gasteiger partial charge in [0.05, 0.1) is 15.9 Å². The molecule has 3 aromatic rings. The Labute approximate surface area is 178 Å². The average molecular weight is 424 g/mol. The van der Waals surface area contributed by atoms with E-state index in [1.54, 1.807) is 35.2 Å². The second-order valence-corrected chi connectivity index (χ2v) is 8.42. The van der Waals surface area contributed by atoms with Crippen LogP contribution in [0.3, 0.4) is 0 Å². The van der Waals surface area contributed by atoms with Gasteiger partial charge in [-0.25, -0.2) is 9.97 Å². The van der Waals surface area contributed by atoms with Crippen LogP contribution in [0.25, 0.3) is 10.4 Å². The first-order valence-corrected chi connectivity index (χ1v) is 10.4. The van der Waals surface area contributed by atoms with Crippen molar-refractivity contribution in [3.63, 3.8) is 0 Å². The molecule has 4 rings (SSSR count). The fourth-order valence-corrected chi connectivity index (χ4v) is 3.92. The molecule has 0 saturated carbocycles. The smallest absolute Gasteiger partial charge is 0.275 e. The maximum absolute atomic E-state index is 12.8. The molecule has 4 heterocycles. The lowest BCUT2D eigenvalue weighted by Gasteiger charge is -2.18. The number of aromatic nitrogens is 3. The predicted octanol–water partition coefficient (Wildman–Crippen LogP) is 1.84. The molecular formula is C20H23N8OS+. The third-order valence-corrected chi connectivity index (χ3v) is 5.56. The van der Waals surface area contributed by atoms with Gasteiger partial charge in [-0.1, -0.05) is 6.07 Å². The Hall–Kier alpha value is -3.37. The summed E-state index contributed by atoms with van der Waals surface area (Å²) in [5.41, 5.74) is 7.60. The third kappa shape index (κ3) is 4.00. The van der Waals surface area contributed by atoms with Gasteiger partial charge in [0, 0.05) is 18.0 Å². The lowest BCUT2D eigenvalue weighted by atomic mass is 10.1. The zero-order chi connectivity index (χ0) is 21.3. The van der Waals surface area contributed by atoms with E-state index >= 15 is 0 Å². The number of nitrogens with zero attached hydrogens (tertiary/aromatic N) is 5. The number of rotatable bonds is 5. The molecule has 0 fully saturated rings. The maximum Gasteiger partial charge on any atom is 0.275 e. The molecule has 0 spiro atoms. The van der Waals surface area contributed by atoms with Gasteiger partial charge >= 0.3 is 0 Å². The highest BCUT2D eigenvalue weighted by Crippen LogP contribution is 2.28. The fraction of sp³-hybridized carbons (Fsp3) is 0.250. The number of pyridine rings is 2. The highest BCUT2D eigenvalue weighted by Gasteiger charge is 2.26. The Morgan fingerprint density at radius 3 is 2.80 bits per heavy atom. The van der Waals surface area contributed by atoms with E-state index in [-0.39, 0.29) is 11.9 Å². The summed E-state index contributed by atoms with van der Waals surface area (Å²) in [6, 6.07) is 7.46. The summed E-state index contributed by atoms with van der Waals surface area (Å²) in [5.74, 6) is 0.826. The van der Waals surface area contributed by atoms with Crippen molar-refractivity contribution >= 4 is 28.9 Å². The molecule has 0 radical (unpaired) electrons. The summed E-state index contributed by atoms with van der Waals surface area (Å²) < 4.78 is 0. The Morgan fingerprint density at radius 1 is 1.23 bits per heavy atom. The molecule has 1 amide bonds. The van der Waals surface area contributed by atoms with Gasteiger partial charge in [-0.3, -0.25) is 9.78 Å². The second-order valence-electron chi connectivity index (χ2n) is 7.18. The maximum atomic E-state index is 12.8. The number of quaternary nitrogens is 1. The molecular weight excluding hydrogens is 400 g/mol. The highest BCUT2D eigenvalue weighted by atomic mass is 32.1. The number of nitrogens with one attached hydrogen (secondary N) is 2. The molecule has 0 saturated heterocycles. The van der Waals surface area contributed by atoms with Crippen molar-refractivity contribution in [2.24, 2.45) is 5.10 Å². The minimum atomic E-state index is -0.319. The van der Waals surface area contributed by atoms with Gasteiger partial charge < -0.3 is 5.32 Å². The third-order valence-electron chi connectivity index (χ3n) is 4.61. The van der Waals surface area contributed by atoms with E-state index in [1.807, 2.05) is 37.2 Å². The van der Waals surface area contributed by atoms with Crippen LogP contribution in [0.2, 0.25) is 0 Å². The van der Waals surface area contributed by atoms with Gasteiger partial charge in [-0.2, -0.15) is 5.01 Å². The molecule has 10 heteroatoms. The number of carbonyl (C=O) groups is 1. The Balaban J connectivity index is 1.56. The lowest BCUT2D eigenvalue weighted by molar-refractivity contribution is -0.825. The second kappa shape index (κ2) is 8.17. The number of thiazole rings is 1. The van der Waals surface area contributed by atoms with Crippen LogP contribution in [-0.2, 0) is 0 Å². The minimum Gasteiger partial charge on any atom is -0.305 e. The van der Waals surface area contributed by atoms with Crippen LogP contribution in [0.15, 0.2) is 41.8 Å². The topological polar surface area (TPSA) is 112 Å². The number of hydrogen-bond acceptors (Lipinski definition) is 8. The lowest BCUT2D eigenvalue weighted by Crippen LogP contribution is -2.98. The molecule has 30 heavy (non-hydrogen) atoms. The molecule has 0 bridgehead atoms. The molecule has 1 aliphatic heterocycles. The van der Waals surface area contributed by atoms with Gasteiger partial charge in [0.1, 0.15) is 17.2 Å². The van der Waals surface area contributed by atoms with Crippen molar-refractivity contribution < 1.29 is 10.3 Å². The normalized spacial score (nSPS) is 13.4. The fourth-order valence-electron chi connectivity index (χ4n) is 3.06. The molecule has 0 aromatic carbocycles. The van der Waals surface area contributed by atoms with Crippen LogP contribution in [-0.4, -0.2) is 37.7 Å². The Bertz CT molecular complexity index is 1120. The van der Waals surface area contributed by atoms with Crippen molar-refractivity contribution in [1.29, 1.82) is 0 Å². The van der Waals surface area contributed by atoms with Crippen molar-refractivity contribution in [1.82, 2.24) is 25.5 Å². The van der Waals surface area contributed by atoms with Crippen LogP contribution < -0.4 is 16.4 Å². The van der Waals surface area contributed by atoms with Crippen LogP contribution in [0.5, 0.6) is 0 Å². The summed E-state index contributed by atoms with van der Waals surface area (Å²) in [5, 5.41) is 10.1. The number of hydrogen-bond donors (Lipinski definition) is 3. The summed E-state index contributed by atoms with van der Waals surface area (Å²) in [6.07, 6.45) is 3.53. The van der Waals surface area contributed by atoms with Crippen molar-refractivity contribution in [2.45, 2.75) is 33.7 Å². The van der Waals surface area contributed by atoms with Crippen LogP contribution >= 0.6 is 11.3 Å². The van der Waals surface area contributed by atoms with E-state index in [9.17, 15) is 4.79 Å². The first-order chi connectivity index (χ1) is 14.4. The molecule has 0 aliphatic carbocycles. The SMILES string of the molecule is Cc1ncc(-c2cc(C(=O)Nc3cccc(C4=NN[NH2+]N4C(C)C)n3)ncc2C)s1. The van der Waals surface area contributed by atoms with Gasteiger partial charge in [0.25, 0.3) is 5.91 Å². The van der Waals surface area contributed by atoms with E-state index in [0.29, 0.717) is 23.0 Å². The zero-order valence-corrected chi connectivity index (χ0v) is 18.0. The van der Waals surface area contributed by atoms with E-state index < -0.39 is 0 Å². The molecule has 154 valence electrons. The van der Waals surface area contributed by atoms with E-state index in [2.05, 4.69) is 44.8 Å². The largest absolute Gasteiger partial charge is 0.305 e. The number of amides is 1. The van der Waals surface area contributed by atoms with Gasteiger partial charge in [-0.05, 0) is 51.5 Å². The number of nitrogens with two attached hydrogens (primary N) is 1. The van der Waals surface area contributed by atoms with Gasteiger partial charge in [0.15, 0.2) is 0 Å². The molecule has 1 aliphatic rings. The summed E-state index contributed by atoms with van der Waals surface area (Å²) >= 11 is 1.59. The number of amidine groups is 1. The molecule has 0 atom stereocenters. The monoisotopic (exact) mass is 423 g/mol. The van der Waals surface area contributed by atoms with E-state index in [4.69, 9.17) is 0 Å². The van der Waals surface area contributed by atoms with Crippen LogP contribution in [0.4, 0.5) is 5.82 Å². The number of aryl methyl sites for hydroxylation is 2. The first kappa shape index (κ1) is 19.9. The summed E-state index contributed by atoms with van der Waals surface area (Å²) in [7, 11) is 0. The van der Waals surface area contributed by atoms with Gasteiger partial charge in [-0.15, -0.1) is 27.5 Å². The van der Waals surface area contributed by atoms with E-state index in [0.717, 1.165) is 21.0 Å². The minimum absolute atomic E-state index is 0.226. The quantitative estimate of drug-likeness (QED) is 0.540. The average Bonchev–Trinajstić information content (AvgIpc) is 3.38. The van der Waals surface area contributed by atoms with Crippen molar-refractivity contribution in [2.75, 3.05) is 5.32 Å². The van der Waals surface area contributed by atoms with Crippen LogP contribution in [0.1, 0.15) is 40.6 Å². The van der Waals surface area contributed by atoms with Gasteiger partial charge in [0.2, 0.25) is 5.84 Å². The molecule has 0 unspecified atom stereocenters. The van der Waals surface area contributed by atoms with Crippen molar-refractivity contribution in [3.8, 4) is 10.4 Å². The highest BCUT2D eigenvalue weighted by molar-refractivity contribution is 7.15. The van der Waals surface area contributed by atoms with Crippen molar-refractivity contribution in [3.05, 3.63) is 58.6 Å². The number of anilines is 1. The van der Waals surface area contributed by atoms with E-state index in [1.165, 1.54) is 0 Å². The zero-order valence-electron chi connectivity index (χ0n) is 17.2. The van der Waals surface area contributed by atoms with Crippen LogP contribution in [0, 0.1) is 13.8 Å². The summed E-state index contributed by atoms with van der Waals surface area (Å²) in [6.45, 7) is 8.06. The first-order valence-electron chi connectivity index (χ1n) is 9.55. The Kier molecular flexibility index (Phi) is 5.42. The summed E-state index contributed by atoms with van der Waals surface area (Å²) in [4.78, 5) is 27.0. The Morgan fingerprint density at radius 2 is 2.07 bits per heavy atom. The molecule has 3 aromatic heterocycles. The molecule has 9 nitrogen and oxygen atoms in total. The standard InChI is InChI=1S/C20H22N8OS/c1-11(2)28-19(25-26-27-28)15-6-5-7-18(23-15)24-20(29)16-8-14(12(3)9-22-16)17-10-21-13(4)30-17/h5-11,26-27H,1-4H3,(H,23,24,29)/p+1. The predicted molar refractivity (Wildman–Crippen MR) is 116 cm³/mol. The number of carbonyl (C=O) groups excluding carboxylic acids is 1. The number of hydrazone groups is 1.